The monoisotopic (exact) mass is 335 g/mol. The summed E-state index contributed by atoms with van der Waals surface area (Å²) < 4.78 is 10.5. The number of ether oxygens (including phenoxy) is 2. The number of imide groups is 1. The molecule has 0 saturated heterocycles. The molecule has 1 aromatic rings. The average molecular weight is 335 g/mol. The molecule has 7 nitrogen and oxygen atoms in total. The summed E-state index contributed by atoms with van der Waals surface area (Å²) in [6.45, 7) is 3.35. The minimum absolute atomic E-state index is 0.268. The number of carbonyl (C=O) groups is 2. The van der Waals surface area contributed by atoms with E-state index in [1.165, 1.54) is 26.4 Å². The van der Waals surface area contributed by atoms with Crippen LogP contribution in [0.5, 0.6) is 0 Å². The van der Waals surface area contributed by atoms with Gasteiger partial charge in [0.2, 0.25) is 0 Å². The first kappa shape index (κ1) is 18.3. The van der Waals surface area contributed by atoms with Crippen LogP contribution in [0.4, 0.5) is 0 Å². The number of hydrogen-bond acceptors (Lipinski definition) is 6. The summed E-state index contributed by atoms with van der Waals surface area (Å²) in [6.07, 6.45) is 2.35. The van der Waals surface area contributed by atoms with E-state index in [4.69, 9.17) is 19.2 Å². The lowest BCUT2D eigenvalue weighted by atomic mass is 9.99. The van der Waals surface area contributed by atoms with E-state index >= 15 is 0 Å². The molecule has 1 aromatic carbocycles. The summed E-state index contributed by atoms with van der Waals surface area (Å²) in [5, 5.41) is 0. The van der Waals surface area contributed by atoms with Crippen LogP contribution >= 0.6 is 0 Å². The van der Waals surface area contributed by atoms with Crippen molar-refractivity contribution in [3.8, 4) is 0 Å². The molecule has 0 N–H and O–H groups in total. The van der Waals surface area contributed by atoms with Gasteiger partial charge in [0.15, 0.2) is 0 Å². The van der Waals surface area contributed by atoms with Crippen LogP contribution in [0.2, 0.25) is 0 Å². The summed E-state index contributed by atoms with van der Waals surface area (Å²) in [5.74, 6) is -2.67. The number of nitrogens with zero attached hydrogens (tertiary/aromatic N) is 1. The van der Waals surface area contributed by atoms with Crippen molar-refractivity contribution in [3.63, 3.8) is 0 Å². The molecule has 0 spiro atoms. The number of amides is 2. The highest BCUT2D eigenvalue weighted by atomic mass is 17.3. The van der Waals surface area contributed by atoms with Gasteiger partial charge in [0.05, 0.1) is 0 Å². The number of hydrogen-bond donors (Lipinski definition) is 0. The van der Waals surface area contributed by atoms with Gasteiger partial charge in [0, 0.05) is 26.4 Å². The van der Waals surface area contributed by atoms with E-state index in [1.54, 1.807) is 0 Å². The molecular formula is C17H21NO6. The van der Waals surface area contributed by atoms with Crippen LogP contribution in [0.25, 0.3) is 0 Å². The van der Waals surface area contributed by atoms with Gasteiger partial charge >= 0.3 is 5.97 Å². The molecule has 2 amide bonds. The number of benzene rings is 1. The maximum Gasteiger partial charge on any atom is 0.330 e. The summed E-state index contributed by atoms with van der Waals surface area (Å²) in [7, 11) is 2.67. The molecule has 0 atom stereocenters. The van der Waals surface area contributed by atoms with Gasteiger partial charge in [-0.1, -0.05) is 30.3 Å². The predicted octanol–water partition coefficient (Wildman–Crippen LogP) is 1.74. The molecule has 2 rings (SSSR count). The molecular weight excluding hydrogens is 314 g/mol. The first-order chi connectivity index (χ1) is 11.3. The van der Waals surface area contributed by atoms with Gasteiger partial charge in [-0.15, -0.1) is 0 Å². The van der Waals surface area contributed by atoms with Gasteiger partial charge in [-0.05, 0) is 19.4 Å². The highest BCUT2D eigenvalue weighted by Crippen LogP contribution is 2.28. The molecule has 1 aliphatic heterocycles. The molecule has 0 bridgehead atoms. The molecule has 1 heterocycles. The molecule has 24 heavy (non-hydrogen) atoms. The standard InChI is InChI=1S/C17H21NO6/c1-16(2,13-8-6-5-7-9-13)23-24-17(21-3,22-4)12-18-14(19)10-11-15(18)20/h5-11H,12H2,1-4H3. The second-order valence-electron chi connectivity index (χ2n) is 5.73. The number of methoxy groups -OCH3 is 2. The van der Waals surface area contributed by atoms with E-state index < -0.39 is 23.4 Å². The first-order valence-corrected chi connectivity index (χ1v) is 7.40. The average Bonchev–Trinajstić information content (AvgIpc) is 2.91. The molecule has 0 unspecified atom stereocenters. The Morgan fingerprint density at radius 2 is 1.46 bits per heavy atom. The van der Waals surface area contributed by atoms with Crippen LogP contribution in [0, 0.1) is 0 Å². The van der Waals surface area contributed by atoms with E-state index in [0.717, 1.165) is 10.5 Å². The first-order valence-electron chi connectivity index (χ1n) is 7.40. The second-order valence-corrected chi connectivity index (χ2v) is 5.73. The molecule has 0 aliphatic carbocycles. The maximum atomic E-state index is 11.7. The number of rotatable bonds is 8. The fourth-order valence-corrected chi connectivity index (χ4v) is 2.14. The topological polar surface area (TPSA) is 74.3 Å². The Morgan fingerprint density at radius 3 is 1.96 bits per heavy atom. The van der Waals surface area contributed by atoms with Crippen LogP contribution in [-0.4, -0.2) is 43.5 Å². The quantitative estimate of drug-likeness (QED) is 0.312. The van der Waals surface area contributed by atoms with Crippen LogP contribution in [-0.2, 0) is 34.4 Å². The Kier molecular flexibility index (Phi) is 5.51. The Balaban J connectivity index is 2.10. The van der Waals surface area contributed by atoms with Crippen LogP contribution < -0.4 is 0 Å². The third-order valence-electron chi connectivity index (χ3n) is 3.72. The van der Waals surface area contributed by atoms with Crippen molar-refractivity contribution in [3.05, 3.63) is 48.0 Å². The minimum Gasteiger partial charge on any atom is -0.328 e. The van der Waals surface area contributed by atoms with E-state index in [0.29, 0.717) is 0 Å². The van der Waals surface area contributed by atoms with Gasteiger partial charge in [-0.25, -0.2) is 4.89 Å². The molecule has 7 heteroatoms. The molecule has 0 radical (unpaired) electrons. The van der Waals surface area contributed by atoms with Crippen molar-refractivity contribution in [2.45, 2.75) is 25.4 Å². The zero-order valence-corrected chi connectivity index (χ0v) is 14.1. The summed E-state index contributed by atoms with van der Waals surface area (Å²) >= 11 is 0. The molecule has 0 aromatic heterocycles. The Labute approximate surface area is 140 Å². The summed E-state index contributed by atoms with van der Waals surface area (Å²) in [6, 6.07) is 9.44. The molecule has 0 fully saturated rings. The Morgan fingerprint density at radius 1 is 0.917 bits per heavy atom. The van der Waals surface area contributed by atoms with E-state index in [1.807, 2.05) is 44.2 Å². The smallest absolute Gasteiger partial charge is 0.328 e. The van der Waals surface area contributed by atoms with Gasteiger partial charge < -0.3 is 9.47 Å². The van der Waals surface area contributed by atoms with Crippen molar-refractivity contribution >= 4 is 11.8 Å². The van der Waals surface area contributed by atoms with Gasteiger partial charge in [0.25, 0.3) is 11.8 Å². The van der Waals surface area contributed by atoms with Gasteiger partial charge in [-0.2, -0.15) is 4.89 Å². The highest BCUT2D eigenvalue weighted by molar-refractivity contribution is 6.12. The van der Waals surface area contributed by atoms with E-state index in [-0.39, 0.29) is 6.54 Å². The van der Waals surface area contributed by atoms with Gasteiger partial charge in [0.1, 0.15) is 12.1 Å². The third-order valence-corrected chi connectivity index (χ3v) is 3.72. The Hall–Kier alpha value is -2.06. The molecule has 0 saturated carbocycles. The summed E-state index contributed by atoms with van der Waals surface area (Å²) in [4.78, 5) is 35.3. The SMILES string of the molecule is COC(CN1C(=O)C=CC1=O)(OC)OOC(C)(C)c1ccccc1. The van der Waals surface area contributed by atoms with E-state index in [9.17, 15) is 9.59 Å². The van der Waals surface area contributed by atoms with Crippen molar-refractivity contribution in [1.29, 1.82) is 0 Å². The van der Waals surface area contributed by atoms with Crippen LogP contribution in [0.3, 0.4) is 0 Å². The second kappa shape index (κ2) is 7.23. The van der Waals surface area contributed by atoms with Crippen molar-refractivity contribution in [2.24, 2.45) is 0 Å². The largest absolute Gasteiger partial charge is 0.330 e. The lowest BCUT2D eigenvalue weighted by Gasteiger charge is -2.34. The molecule has 130 valence electrons. The van der Waals surface area contributed by atoms with E-state index in [2.05, 4.69) is 0 Å². The third kappa shape index (κ3) is 3.88. The summed E-state index contributed by atoms with van der Waals surface area (Å²) in [5.41, 5.74) is 0.0713. The zero-order valence-electron chi connectivity index (χ0n) is 14.1. The zero-order chi connectivity index (χ0) is 17.8. The van der Waals surface area contributed by atoms with Crippen molar-refractivity contribution in [1.82, 2.24) is 4.90 Å². The fourth-order valence-electron chi connectivity index (χ4n) is 2.14. The van der Waals surface area contributed by atoms with Crippen LogP contribution in [0.1, 0.15) is 19.4 Å². The minimum atomic E-state index is -1.73. The van der Waals surface area contributed by atoms with Gasteiger partial charge in [-0.3, -0.25) is 14.5 Å². The lowest BCUT2D eigenvalue weighted by Crippen LogP contribution is -2.51. The molecule has 1 aliphatic rings. The maximum absolute atomic E-state index is 11.7. The Bertz CT molecular complexity index is 603. The fraction of sp³-hybridized carbons (Fsp3) is 0.412. The lowest BCUT2D eigenvalue weighted by molar-refractivity contribution is -0.523. The normalized spacial score (nSPS) is 15.4. The number of carbonyl (C=O) groups excluding carboxylic acids is 2. The highest BCUT2D eigenvalue weighted by Gasteiger charge is 2.42. The van der Waals surface area contributed by atoms with Crippen LogP contribution in [0.15, 0.2) is 42.5 Å². The van der Waals surface area contributed by atoms with Crippen molar-refractivity contribution in [2.75, 3.05) is 20.8 Å². The van der Waals surface area contributed by atoms with Crippen molar-refractivity contribution < 1.29 is 28.8 Å². The predicted molar refractivity (Wildman–Crippen MR) is 84.2 cm³/mol.